The van der Waals surface area contributed by atoms with Crippen LogP contribution in [0.5, 0.6) is 46.0 Å². The summed E-state index contributed by atoms with van der Waals surface area (Å²) in [6, 6.07) is 13.4. The summed E-state index contributed by atoms with van der Waals surface area (Å²) in [7, 11) is 0. The predicted octanol–water partition coefficient (Wildman–Crippen LogP) is 1.29. The maximum atomic E-state index is 14.2. The van der Waals surface area contributed by atoms with Crippen LogP contribution in [0.25, 0.3) is 0 Å². The molecule has 0 bridgehead atoms. The Morgan fingerprint density at radius 3 is 2.11 bits per heavy atom. The molecule has 2 aliphatic carbocycles. The monoisotopic (exact) mass is 846 g/mol. The minimum absolute atomic E-state index is 0.00223. The normalized spacial score (nSPS) is 33.5. The smallest absolute Gasteiger partial charge is 0.338 e. The van der Waals surface area contributed by atoms with Crippen molar-refractivity contribution >= 4 is 11.8 Å². The Bertz CT molecular complexity index is 2460. The highest BCUT2D eigenvalue weighted by Gasteiger charge is 2.80. The van der Waals surface area contributed by atoms with Gasteiger partial charge in [0.25, 0.3) is 0 Å². The first-order valence-corrected chi connectivity index (χ1v) is 18.9. The summed E-state index contributed by atoms with van der Waals surface area (Å²) in [6.45, 7) is -0.770. The SMILES string of the molecule is O=C1C=C2O[C@H](c3ccc(O)c(O)c3)[C@H](OC(=O)c3cc(O)c(O)c(O)c3)[C@H]3c4c(O)cc(O[C@H]5O[C@H](CO)[C@@H](O)[C@H](O)[C@H]5O)cc4[C@@H]4[C@H](c5ccc(O)cc5)O[C@@](O)(C1)[C@]234. The van der Waals surface area contributed by atoms with Crippen LogP contribution in [0, 0.1) is 5.41 Å². The molecule has 1 spiro atoms. The van der Waals surface area contributed by atoms with Gasteiger partial charge in [0.1, 0.15) is 52.8 Å². The van der Waals surface area contributed by atoms with Gasteiger partial charge in [-0.3, -0.25) is 4.79 Å². The van der Waals surface area contributed by atoms with Crippen LogP contribution in [0.15, 0.2) is 78.6 Å². The van der Waals surface area contributed by atoms with E-state index in [-0.39, 0.29) is 33.9 Å². The number of ether oxygens (including phenoxy) is 5. The molecule has 0 unspecified atom stereocenters. The first-order chi connectivity index (χ1) is 29.0. The highest BCUT2D eigenvalue weighted by molar-refractivity contribution is 5.94. The minimum Gasteiger partial charge on any atom is -0.508 e. The van der Waals surface area contributed by atoms with Gasteiger partial charge in [-0.2, -0.15) is 0 Å². The van der Waals surface area contributed by atoms with E-state index < -0.39 is 137 Å². The van der Waals surface area contributed by atoms with Crippen LogP contribution in [-0.2, 0) is 23.7 Å². The van der Waals surface area contributed by atoms with Crippen LogP contribution in [0.1, 0.15) is 63.1 Å². The van der Waals surface area contributed by atoms with Gasteiger partial charge in [-0.15, -0.1) is 0 Å². The number of aliphatic hydroxyl groups excluding tert-OH is 4. The van der Waals surface area contributed by atoms with Crippen molar-refractivity contribution in [3.8, 4) is 46.0 Å². The number of esters is 1. The molecule has 0 saturated carbocycles. The number of aliphatic hydroxyl groups is 5. The van der Waals surface area contributed by atoms with E-state index in [0.29, 0.717) is 5.56 Å². The highest BCUT2D eigenvalue weighted by Crippen LogP contribution is 2.79. The molecular formula is C42H38O19. The number of allylic oxidation sites excluding steroid dienone is 1. The van der Waals surface area contributed by atoms with Crippen LogP contribution in [0.2, 0.25) is 0 Å². The quantitative estimate of drug-likeness (QED) is 0.0921. The molecule has 320 valence electrons. The summed E-state index contributed by atoms with van der Waals surface area (Å²) >= 11 is 0. The summed E-state index contributed by atoms with van der Waals surface area (Å²) < 4.78 is 30.8. The van der Waals surface area contributed by atoms with Crippen molar-refractivity contribution in [3.63, 3.8) is 0 Å². The molecule has 19 nitrogen and oxygen atoms in total. The molecular weight excluding hydrogens is 808 g/mol. The van der Waals surface area contributed by atoms with Gasteiger partial charge >= 0.3 is 5.97 Å². The van der Waals surface area contributed by atoms with Crippen molar-refractivity contribution < 1.29 is 94.6 Å². The number of ketones is 1. The molecule has 9 rings (SSSR count). The number of phenolic OH excluding ortho intramolecular Hbond substituents is 7. The minimum atomic E-state index is -2.52. The lowest BCUT2D eigenvalue weighted by Gasteiger charge is -2.54. The van der Waals surface area contributed by atoms with Crippen LogP contribution in [-0.4, -0.2) is 122 Å². The first kappa shape index (κ1) is 40.1. The van der Waals surface area contributed by atoms with Crippen molar-refractivity contribution in [2.75, 3.05) is 6.61 Å². The van der Waals surface area contributed by atoms with E-state index in [4.69, 9.17) is 23.7 Å². The molecule has 4 aromatic carbocycles. The maximum Gasteiger partial charge on any atom is 0.338 e. The van der Waals surface area contributed by atoms with Gasteiger partial charge in [0.05, 0.1) is 24.7 Å². The second-order valence-corrected chi connectivity index (χ2v) is 15.7. The molecule has 12 N–H and O–H groups in total. The number of carbonyl (C=O) groups is 2. The zero-order valence-corrected chi connectivity index (χ0v) is 31.3. The van der Waals surface area contributed by atoms with Crippen molar-refractivity contribution in [2.24, 2.45) is 5.41 Å². The zero-order chi connectivity index (χ0) is 43.4. The summed E-state index contributed by atoms with van der Waals surface area (Å²) in [6.07, 6.45) is -12.5. The number of benzene rings is 4. The second-order valence-electron chi connectivity index (χ2n) is 15.7. The topological polar surface area (TPSA) is 323 Å². The van der Waals surface area contributed by atoms with Crippen molar-refractivity contribution in [1.29, 1.82) is 0 Å². The lowest BCUT2D eigenvalue weighted by atomic mass is 9.57. The largest absolute Gasteiger partial charge is 0.508 e. The molecule has 3 fully saturated rings. The van der Waals surface area contributed by atoms with E-state index in [2.05, 4.69) is 0 Å². The number of aromatic hydroxyl groups is 7. The standard InChI is InChI=1S/C42H38O19/c43-14-27-33(52)34(53)35(54)40(58-27)57-20-11-21-29(24(48)12-20)31-38(60-39(55)17-8-25(49)32(51)26(50)9-17)37(16-3-6-22(46)23(47)7-16)59-28-10-19(45)13-41(56)42(28,31)30(21)36(61-41)15-1-4-18(44)5-2-15/h1-12,27,30-31,33-38,40,43-44,46-54,56H,13-14H2/t27-,30-,31-,33-,34+,35-,36+,37-,38-,40+,41+,42+/m1/s1. The van der Waals surface area contributed by atoms with Gasteiger partial charge in [-0.1, -0.05) is 18.2 Å². The van der Waals surface area contributed by atoms with E-state index in [1.165, 1.54) is 36.4 Å². The Morgan fingerprint density at radius 2 is 1.44 bits per heavy atom. The summed E-state index contributed by atoms with van der Waals surface area (Å²) in [5.41, 5.74) is -1.89. The van der Waals surface area contributed by atoms with Crippen LogP contribution in [0.4, 0.5) is 0 Å². The Hall–Kier alpha value is -6.32. The molecule has 61 heavy (non-hydrogen) atoms. The fraction of sp³-hybridized carbons (Fsp3) is 0.333. The third-order valence-electron chi connectivity index (χ3n) is 12.3. The Morgan fingerprint density at radius 1 is 0.754 bits per heavy atom. The molecule has 0 aromatic heterocycles. The lowest BCUT2D eigenvalue weighted by molar-refractivity contribution is -0.277. The second kappa shape index (κ2) is 14.1. The van der Waals surface area contributed by atoms with Crippen molar-refractivity contribution in [2.45, 2.75) is 73.1 Å². The number of fused-ring (bicyclic) bond motifs is 3. The fourth-order valence-electron chi connectivity index (χ4n) is 9.64. The number of rotatable bonds is 7. The number of phenols is 7. The Balaban J connectivity index is 1.28. The Kier molecular flexibility index (Phi) is 9.29. The number of hydrogen-bond acceptors (Lipinski definition) is 19. The number of hydrogen-bond donors (Lipinski definition) is 12. The van der Waals surface area contributed by atoms with Crippen molar-refractivity contribution in [1.82, 2.24) is 0 Å². The average molecular weight is 847 g/mol. The average Bonchev–Trinajstić information content (AvgIpc) is 3.68. The van der Waals surface area contributed by atoms with E-state index in [1.807, 2.05) is 0 Å². The predicted molar refractivity (Wildman–Crippen MR) is 199 cm³/mol. The highest BCUT2D eigenvalue weighted by atomic mass is 16.7. The molecule has 0 amide bonds. The van der Waals surface area contributed by atoms with E-state index in [0.717, 1.165) is 36.4 Å². The fourth-order valence-corrected chi connectivity index (χ4v) is 9.64. The molecule has 0 radical (unpaired) electrons. The third-order valence-corrected chi connectivity index (χ3v) is 12.3. The molecule has 3 heterocycles. The van der Waals surface area contributed by atoms with Gasteiger partial charge in [0, 0.05) is 35.1 Å². The van der Waals surface area contributed by atoms with Crippen LogP contribution >= 0.6 is 0 Å². The number of carbonyl (C=O) groups excluding carboxylic acids is 2. The summed E-state index contributed by atoms with van der Waals surface area (Å²) in [5, 5.41) is 128. The summed E-state index contributed by atoms with van der Waals surface area (Å²) in [5.74, 6) is -12.0. The van der Waals surface area contributed by atoms with Crippen LogP contribution < -0.4 is 4.74 Å². The van der Waals surface area contributed by atoms with Gasteiger partial charge in [0.2, 0.25) is 6.29 Å². The van der Waals surface area contributed by atoms with Crippen molar-refractivity contribution in [3.05, 3.63) is 106 Å². The van der Waals surface area contributed by atoms with E-state index in [9.17, 15) is 70.9 Å². The molecule has 5 aliphatic rings. The van der Waals surface area contributed by atoms with Gasteiger partial charge < -0.3 is 85.0 Å². The third kappa shape index (κ3) is 5.92. The maximum absolute atomic E-state index is 14.2. The molecule has 19 heteroatoms. The van der Waals surface area contributed by atoms with Crippen LogP contribution in [0.3, 0.4) is 0 Å². The lowest BCUT2D eigenvalue weighted by Crippen LogP contribution is -2.60. The van der Waals surface area contributed by atoms with E-state index in [1.54, 1.807) is 0 Å². The molecule has 3 aliphatic heterocycles. The Labute approximate surface area is 343 Å². The molecule has 12 atom stereocenters. The first-order valence-electron chi connectivity index (χ1n) is 18.9. The van der Waals surface area contributed by atoms with Gasteiger partial charge in [0.15, 0.2) is 52.5 Å². The van der Waals surface area contributed by atoms with Gasteiger partial charge in [-0.25, -0.2) is 4.79 Å². The molecule has 3 saturated heterocycles. The summed E-state index contributed by atoms with van der Waals surface area (Å²) in [4.78, 5) is 27.8. The van der Waals surface area contributed by atoms with Gasteiger partial charge in [-0.05, 0) is 53.6 Å². The zero-order valence-electron chi connectivity index (χ0n) is 31.3. The molecule has 4 aromatic rings. The van der Waals surface area contributed by atoms with E-state index >= 15 is 0 Å².